The van der Waals surface area contributed by atoms with Crippen LogP contribution < -0.4 is 0 Å². The Bertz CT molecular complexity index is 520. The van der Waals surface area contributed by atoms with E-state index in [2.05, 4.69) is 0 Å². The Morgan fingerprint density at radius 3 is 2.58 bits per heavy atom. The Morgan fingerprint density at radius 2 is 1.95 bits per heavy atom. The van der Waals surface area contributed by atoms with E-state index in [-0.39, 0.29) is 0 Å². The quantitative estimate of drug-likeness (QED) is 0.881. The van der Waals surface area contributed by atoms with E-state index in [1.54, 1.807) is 11.3 Å². The summed E-state index contributed by atoms with van der Waals surface area (Å²) in [6.07, 6.45) is -4.16. The van der Waals surface area contributed by atoms with Crippen molar-refractivity contribution in [3.63, 3.8) is 0 Å². The van der Waals surface area contributed by atoms with E-state index in [1.165, 1.54) is 12.1 Å². The summed E-state index contributed by atoms with van der Waals surface area (Å²) in [7, 11) is 0. The third-order valence-electron chi connectivity index (χ3n) is 2.84. The van der Waals surface area contributed by atoms with Crippen molar-refractivity contribution in [2.45, 2.75) is 25.1 Å². The van der Waals surface area contributed by atoms with E-state index in [1.807, 2.05) is 17.5 Å². The molecule has 0 fully saturated rings. The van der Waals surface area contributed by atoms with Gasteiger partial charge in [-0.3, -0.25) is 0 Å². The molecular formula is C14H13F3OS. The van der Waals surface area contributed by atoms with Gasteiger partial charge in [0, 0.05) is 4.88 Å². The molecule has 0 saturated carbocycles. The van der Waals surface area contributed by atoms with Crippen LogP contribution in [-0.2, 0) is 12.6 Å². The van der Waals surface area contributed by atoms with E-state index >= 15 is 0 Å². The molecule has 0 bridgehead atoms. The third-order valence-corrected chi connectivity index (χ3v) is 3.78. The van der Waals surface area contributed by atoms with Crippen LogP contribution in [0.4, 0.5) is 13.2 Å². The molecule has 1 nitrogen and oxygen atoms in total. The second-order valence-corrected chi connectivity index (χ2v) is 5.29. The number of hydrogen-bond acceptors (Lipinski definition) is 2. The summed E-state index contributed by atoms with van der Waals surface area (Å²) in [5, 5.41) is 11.9. The van der Waals surface area contributed by atoms with Gasteiger partial charge in [-0.2, -0.15) is 13.2 Å². The molecule has 102 valence electrons. The second-order valence-electron chi connectivity index (χ2n) is 4.26. The van der Waals surface area contributed by atoms with Crippen molar-refractivity contribution >= 4 is 11.3 Å². The molecule has 2 aromatic rings. The van der Waals surface area contributed by atoms with Crippen molar-refractivity contribution in [2.75, 3.05) is 0 Å². The van der Waals surface area contributed by atoms with Crippen molar-refractivity contribution < 1.29 is 18.3 Å². The predicted molar refractivity (Wildman–Crippen MR) is 69.0 cm³/mol. The van der Waals surface area contributed by atoms with Gasteiger partial charge in [-0.1, -0.05) is 18.2 Å². The fraction of sp³-hybridized carbons (Fsp3) is 0.286. The molecule has 2 rings (SSSR count). The lowest BCUT2D eigenvalue weighted by atomic mass is 10.0. The maximum Gasteiger partial charge on any atom is 0.416 e. The number of hydrogen-bond donors (Lipinski definition) is 1. The van der Waals surface area contributed by atoms with Gasteiger partial charge in [0.1, 0.15) is 0 Å². The molecule has 1 atom stereocenters. The highest BCUT2D eigenvalue weighted by atomic mass is 32.1. The average Bonchev–Trinajstić information content (AvgIpc) is 2.88. The summed E-state index contributed by atoms with van der Waals surface area (Å²) >= 11 is 1.58. The Balaban J connectivity index is 2.04. The zero-order chi connectivity index (χ0) is 13.9. The molecule has 1 aromatic carbocycles. The van der Waals surface area contributed by atoms with E-state index in [9.17, 15) is 18.3 Å². The molecule has 5 heteroatoms. The first kappa shape index (κ1) is 14.1. The summed E-state index contributed by atoms with van der Waals surface area (Å²) in [6, 6.07) is 8.73. The molecule has 0 saturated heterocycles. The number of halogens is 3. The van der Waals surface area contributed by atoms with Gasteiger partial charge in [-0.15, -0.1) is 11.3 Å². The van der Waals surface area contributed by atoms with Crippen LogP contribution in [0, 0.1) is 0 Å². The lowest BCUT2D eigenvalue weighted by molar-refractivity contribution is -0.137. The molecule has 19 heavy (non-hydrogen) atoms. The molecule has 0 amide bonds. The van der Waals surface area contributed by atoms with Crippen molar-refractivity contribution in [1.29, 1.82) is 0 Å². The molecule has 0 aliphatic carbocycles. The Hall–Kier alpha value is -1.33. The molecule has 1 heterocycles. The fourth-order valence-electron chi connectivity index (χ4n) is 1.82. The van der Waals surface area contributed by atoms with Crippen molar-refractivity contribution in [2.24, 2.45) is 0 Å². The first-order chi connectivity index (χ1) is 8.97. The van der Waals surface area contributed by atoms with Gasteiger partial charge in [-0.05, 0) is 42.0 Å². The van der Waals surface area contributed by atoms with Gasteiger partial charge < -0.3 is 5.11 Å². The number of benzene rings is 1. The van der Waals surface area contributed by atoms with Crippen LogP contribution in [0.3, 0.4) is 0 Å². The fourth-order valence-corrected chi connectivity index (χ4v) is 2.55. The topological polar surface area (TPSA) is 20.2 Å². The molecule has 0 aliphatic rings. The maximum atomic E-state index is 12.6. The number of aryl methyl sites for hydroxylation is 1. The van der Waals surface area contributed by atoms with Crippen LogP contribution >= 0.6 is 11.3 Å². The molecular weight excluding hydrogens is 273 g/mol. The Morgan fingerprint density at radius 1 is 1.16 bits per heavy atom. The third kappa shape index (κ3) is 3.81. The van der Waals surface area contributed by atoms with Crippen LogP contribution in [0.15, 0.2) is 41.8 Å². The van der Waals surface area contributed by atoms with Crippen LogP contribution in [-0.4, -0.2) is 5.11 Å². The van der Waals surface area contributed by atoms with Gasteiger partial charge in [0.25, 0.3) is 0 Å². The SMILES string of the molecule is OC(CCc1cccs1)c1cccc(C(F)(F)F)c1. The van der Waals surface area contributed by atoms with Crippen LogP contribution in [0.1, 0.15) is 28.5 Å². The monoisotopic (exact) mass is 286 g/mol. The van der Waals surface area contributed by atoms with Gasteiger partial charge >= 0.3 is 6.18 Å². The summed E-state index contributed by atoms with van der Waals surface area (Å²) in [5.74, 6) is 0. The minimum atomic E-state index is -4.37. The smallest absolute Gasteiger partial charge is 0.388 e. The number of rotatable bonds is 4. The van der Waals surface area contributed by atoms with Crippen molar-refractivity contribution in [1.82, 2.24) is 0 Å². The molecule has 1 N–H and O–H groups in total. The van der Waals surface area contributed by atoms with E-state index in [0.717, 1.165) is 17.0 Å². The van der Waals surface area contributed by atoms with Gasteiger partial charge in [0.15, 0.2) is 0 Å². The number of thiophene rings is 1. The van der Waals surface area contributed by atoms with E-state index < -0.39 is 17.8 Å². The number of aliphatic hydroxyl groups is 1. The highest BCUT2D eigenvalue weighted by Crippen LogP contribution is 2.31. The minimum absolute atomic E-state index is 0.311. The summed E-state index contributed by atoms with van der Waals surface area (Å²) < 4.78 is 37.7. The lowest BCUT2D eigenvalue weighted by Gasteiger charge is -2.13. The average molecular weight is 286 g/mol. The highest BCUT2D eigenvalue weighted by Gasteiger charge is 2.30. The number of alkyl halides is 3. The first-order valence-electron chi connectivity index (χ1n) is 5.84. The standard InChI is InChI=1S/C14H13F3OS/c15-14(16,17)11-4-1-3-10(9-11)13(18)7-6-12-5-2-8-19-12/h1-5,8-9,13,18H,6-7H2. The van der Waals surface area contributed by atoms with Crippen molar-refractivity contribution in [3.05, 3.63) is 57.8 Å². The number of aliphatic hydroxyl groups excluding tert-OH is 1. The molecule has 0 spiro atoms. The summed E-state index contributed by atoms with van der Waals surface area (Å²) in [5.41, 5.74) is -0.411. The Labute approximate surface area is 113 Å². The molecule has 1 aromatic heterocycles. The van der Waals surface area contributed by atoms with Gasteiger partial charge in [0.05, 0.1) is 11.7 Å². The van der Waals surface area contributed by atoms with Gasteiger partial charge in [0.2, 0.25) is 0 Å². The van der Waals surface area contributed by atoms with E-state index in [0.29, 0.717) is 18.4 Å². The van der Waals surface area contributed by atoms with Crippen molar-refractivity contribution in [3.8, 4) is 0 Å². The zero-order valence-corrected chi connectivity index (χ0v) is 10.8. The highest BCUT2D eigenvalue weighted by molar-refractivity contribution is 7.09. The first-order valence-corrected chi connectivity index (χ1v) is 6.72. The van der Waals surface area contributed by atoms with Gasteiger partial charge in [-0.25, -0.2) is 0 Å². The largest absolute Gasteiger partial charge is 0.416 e. The Kier molecular flexibility index (Phi) is 4.27. The minimum Gasteiger partial charge on any atom is -0.388 e. The predicted octanol–water partition coefficient (Wildman–Crippen LogP) is 4.43. The lowest BCUT2D eigenvalue weighted by Crippen LogP contribution is -2.07. The zero-order valence-electron chi connectivity index (χ0n) is 10.0. The molecule has 0 aliphatic heterocycles. The maximum absolute atomic E-state index is 12.6. The second kappa shape index (κ2) is 5.75. The van der Waals surface area contributed by atoms with Crippen LogP contribution in [0.2, 0.25) is 0 Å². The summed E-state index contributed by atoms with van der Waals surface area (Å²) in [6.45, 7) is 0. The summed E-state index contributed by atoms with van der Waals surface area (Å²) in [4.78, 5) is 1.12. The molecule has 1 unspecified atom stereocenters. The van der Waals surface area contributed by atoms with Crippen LogP contribution in [0.5, 0.6) is 0 Å². The van der Waals surface area contributed by atoms with E-state index in [4.69, 9.17) is 0 Å². The molecule has 0 radical (unpaired) electrons. The van der Waals surface area contributed by atoms with Crippen LogP contribution in [0.25, 0.3) is 0 Å². The normalized spacial score (nSPS) is 13.5.